The minimum absolute atomic E-state index is 0. The highest BCUT2D eigenvalue weighted by Gasteiger charge is 2.09. The van der Waals surface area contributed by atoms with Crippen LogP contribution in [0.4, 0.5) is 0 Å². The molecule has 63 valence electrons. The molecule has 0 unspecified atom stereocenters. The predicted octanol–water partition coefficient (Wildman–Crippen LogP) is -1.19. The molecule has 3 N–H and O–H groups in total. The molecular formula is C6H9BN3O2. The quantitative estimate of drug-likeness (QED) is 0.396. The van der Waals surface area contributed by atoms with Gasteiger partial charge in [0.05, 0.1) is 0 Å². The van der Waals surface area contributed by atoms with Crippen LogP contribution in [0.1, 0.15) is 6.42 Å². The van der Waals surface area contributed by atoms with E-state index in [0.29, 0.717) is 6.67 Å². The molecule has 0 saturated heterocycles. The average Bonchev–Trinajstić information content (AvgIpc) is 2.52. The largest absolute Gasteiger partial charge is 0.482 e. The molecule has 0 aliphatic carbocycles. The Labute approximate surface area is 70.9 Å². The van der Waals surface area contributed by atoms with E-state index < -0.39 is 0 Å². The van der Waals surface area contributed by atoms with Crippen LogP contribution in [0.25, 0.3) is 0 Å². The molecule has 0 aromatic rings. The van der Waals surface area contributed by atoms with Crippen LogP contribution in [0.15, 0.2) is 21.4 Å². The maximum atomic E-state index is 7.00. The Kier molecular flexibility index (Phi) is 3.50. The van der Waals surface area contributed by atoms with Crippen molar-refractivity contribution in [2.24, 2.45) is 9.98 Å². The molecular weight excluding hydrogens is 157 g/mol. The predicted molar refractivity (Wildman–Crippen MR) is 46.8 cm³/mol. The first kappa shape index (κ1) is 8.96. The van der Waals surface area contributed by atoms with Crippen molar-refractivity contribution in [2.75, 3.05) is 6.67 Å². The van der Waals surface area contributed by atoms with Gasteiger partial charge in [-0.2, -0.15) is 0 Å². The van der Waals surface area contributed by atoms with Gasteiger partial charge >= 0.3 is 7.69 Å². The molecule has 0 aromatic carbocycles. The van der Waals surface area contributed by atoms with Crippen LogP contribution in [0.2, 0.25) is 0 Å². The van der Waals surface area contributed by atoms with Crippen molar-refractivity contribution < 1.29 is 10.0 Å². The summed E-state index contributed by atoms with van der Waals surface area (Å²) in [5, 5.41) is 17.1. The summed E-state index contributed by atoms with van der Waals surface area (Å²) in [7, 11) is 0. The summed E-state index contributed by atoms with van der Waals surface area (Å²) in [5.41, 5.74) is 1.21. The zero-order valence-corrected chi connectivity index (χ0v) is 6.44. The summed E-state index contributed by atoms with van der Waals surface area (Å²) >= 11 is 0. The molecule has 0 spiro atoms. The molecule has 0 atom stereocenters. The number of hydrogen-bond acceptors (Lipinski definition) is 5. The highest BCUT2D eigenvalue weighted by Crippen LogP contribution is 2.12. The van der Waals surface area contributed by atoms with Crippen molar-refractivity contribution in [3.63, 3.8) is 0 Å². The van der Waals surface area contributed by atoms with Gasteiger partial charge in [0.2, 0.25) is 0 Å². The topological polar surface area (TPSA) is 77.2 Å². The summed E-state index contributed by atoms with van der Waals surface area (Å²) in [6, 6.07) is 0. The molecule has 0 saturated carbocycles. The van der Waals surface area contributed by atoms with Gasteiger partial charge in [-0.15, -0.1) is 0 Å². The van der Waals surface area contributed by atoms with Crippen molar-refractivity contribution >= 4 is 20.1 Å². The number of nitrogens with one attached hydrogen (secondary N) is 1. The fourth-order valence-corrected chi connectivity index (χ4v) is 0.964. The van der Waals surface area contributed by atoms with Gasteiger partial charge < -0.3 is 15.4 Å². The first-order valence-corrected chi connectivity index (χ1v) is 3.48. The van der Waals surface area contributed by atoms with Gasteiger partial charge in [-0.1, -0.05) is 0 Å². The van der Waals surface area contributed by atoms with Crippen LogP contribution in [0.3, 0.4) is 0 Å². The molecule has 1 radical (unpaired) electrons. The minimum atomic E-state index is 0. The van der Waals surface area contributed by atoms with Crippen molar-refractivity contribution in [3.05, 3.63) is 11.4 Å². The Morgan fingerprint density at radius 3 is 2.92 bits per heavy atom. The van der Waals surface area contributed by atoms with Crippen LogP contribution in [0, 0.1) is 0 Å². The fourth-order valence-electron chi connectivity index (χ4n) is 0.964. The highest BCUT2D eigenvalue weighted by molar-refractivity contribution is 6.13. The molecule has 0 amide bonds. The molecule has 2 rings (SSSR count). The Bertz CT molecular complexity index is 237. The van der Waals surface area contributed by atoms with Crippen LogP contribution < -0.4 is 5.32 Å². The zero-order chi connectivity index (χ0) is 8.81. The van der Waals surface area contributed by atoms with Gasteiger partial charge in [0, 0.05) is 24.4 Å². The van der Waals surface area contributed by atoms with E-state index in [1.807, 2.05) is 12.4 Å². The van der Waals surface area contributed by atoms with Gasteiger partial charge in [-0.05, 0) is 0 Å². The second-order valence-electron chi connectivity index (χ2n) is 2.15. The van der Waals surface area contributed by atoms with E-state index in [0.717, 1.165) is 12.2 Å². The molecule has 0 bridgehead atoms. The van der Waals surface area contributed by atoms with Gasteiger partial charge in [-0.25, -0.2) is 4.99 Å². The van der Waals surface area contributed by atoms with Crippen molar-refractivity contribution in [1.29, 1.82) is 0 Å². The number of aliphatic imine (C=N–C) groups is 2. The fraction of sp³-hybridized carbons (Fsp3) is 0.333. The van der Waals surface area contributed by atoms with Crippen LogP contribution in [-0.4, -0.2) is 36.8 Å². The van der Waals surface area contributed by atoms with Gasteiger partial charge in [0.1, 0.15) is 12.5 Å². The van der Waals surface area contributed by atoms with E-state index in [4.69, 9.17) is 10.0 Å². The Balaban J connectivity index is 0.000000213. The first-order valence-electron chi connectivity index (χ1n) is 3.48. The van der Waals surface area contributed by atoms with E-state index in [1.54, 1.807) is 0 Å². The summed E-state index contributed by atoms with van der Waals surface area (Å²) in [6.45, 7) is 0.677. The lowest BCUT2D eigenvalue weighted by Gasteiger charge is -2.06. The molecule has 12 heavy (non-hydrogen) atoms. The molecule has 2 aliphatic rings. The molecule has 0 fully saturated rings. The Hall–Kier alpha value is -1.14. The molecule has 5 nitrogen and oxygen atoms in total. The van der Waals surface area contributed by atoms with Crippen LogP contribution in [0.5, 0.6) is 0 Å². The molecule has 0 aromatic heterocycles. The van der Waals surface area contributed by atoms with Gasteiger partial charge in [0.15, 0.2) is 0 Å². The molecule has 2 heterocycles. The lowest BCUT2D eigenvalue weighted by molar-refractivity contribution is 0.448. The summed E-state index contributed by atoms with van der Waals surface area (Å²) in [4.78, 5) is 8.16. The summed E-state index contributed by atoms with van der Waals surface area (Å²) in [5.74, 6) is 1.00. The second-order valence-corrected chi connectivity index (χ2v) is 2.15. The zero-order valence-electron chi connectivity index (χ0n) is 6.44. The smallest absolute Gasteiger partial charge is 0.429 e. The SMILES string of the molecule is C1=NCNC2=C1CC=N2.O[B]O. The Morgan fingerprint density at radius 2 is 2.25 bits per heavy atom. The normalized spacial score (nSPS) is 17.8. The standard InChI is InChI=1S/C6H7N3.BH2O2/c1-2-8-6-5(1)3-7-4-9-6;2-1-3/h2-3,9H,1,4H2;2-3H. The number of rotatable bonds is 0. The van der Waals surface area contributed by atoms with E-state index >= 15 is 0 Å². The third-order valence-electron chi connectivity index (χ3n) is 1.42. The average molecular weight is 166 g/mol. The Morgan fingerprint density at radius 1 is 1.50 bits per heavy atom. The number of nitrogens with zero attached hydrogens (tertiary/aromatic N) is 2. The van der Waals surface area contributed by atoms with E-state index in [1.165, 1.54) is 5.57 Å². The molecule has 6 heteroatoms. The minimum Gasteiger partial charge on any atom is -0.429 e. The van der Waals surface area contributed by atoms with Crippen molar-refractivity contribution in [1.82, 2.24) is 5.32 Å². The van der Waals surface area contributed by atoms with E-state index in [9.17, 15) is 0 Å². The monoisotopic (exact) mass is 166 g/mol. The van der Waals surface area contributed by atoms with E-state index in [2.05, 4.69) is 15.3 Å². The third-order valence-corrected chi connectivity index (χ3v) is 1.42. The lowest BCUT2D eigenvalue weighted by atomic mass is 10.2. The van der Waals surface area contributed by atoms with Crippen molar-refractivity contribution in [3.8, 4) is 0 Å². The summed E-state index contributed by atoms with van der Waals surface area (Å²) < 4.78 is 0. The lowest BCUT2D eigenvalue weighted by Crippen LogP contribution is -2.16. The van der Waals surface area contributed by atoms with E-state index in [-0.39, 0.29) is 7.69 Å². The van der Waals surface area contributed by atoms with Crippen molar-refractivity contribution in [2.45, 2.75) is 6.42 Å². The third kappa shape index (κ3) is 2.18. The van der Waals surface area contributed by atoms with Gasteiger partial charge in [-0.3, -0.25) is 4.99 Å². The first-order chi connectivity index (χ1) is 5.88. The number of allylic oxidation sites excluding steroid dienone is 1. The van der Waals surface area contributed by atoms with Crippen LogP contribution >= 0.6 is 0 Å². The molecule has 2 aliphatic heterocycles. The maximum absolute atomic E-state index is 7.00. The highest BCUT2D eigenvalue weighted by atomic mass is 16.4. The maximum Gasteiger partial charge on any atom is 0.482 e. The summed E-state index contributed by atoms with van der Waals surface area (Å²) in [6.07, 6.45) is 4.72. The number of hydrogen-bond donors (Lipinski definition) is 3. The van der Waals surface area contributed by atoms with Gasteiger partial charge in [0.25, 0.3) is 0 Å². The van der Waals surface area contributed by atoms with Crippen LogP contribution in [-0.2, 0) is 0 Å². The second kappa shape index (κ2) is 4.68.